The van der Waals surface area contributed by atoms with Crippen LogP contribution < -0.4 is 0 Å². The monoisotopic (exact) mass is 354 g/mol. The molecule has 0 amide bonds. The number of carbonyl (C=O) groups is 3. The summed E-state index contributed by atoms with van der Waals surface area (Å²) in [5.74, 6) is -4.40. The van der Waals surface area contributed by atoms with Crippen molar-refractivity contribution in [2.45, 2.75) is 6.42 Å². The third-order valence-electron chi connectivity index (χ3n) is 0.914. The second-order valence-electron chi connectivity index (χ2n) is 1.88. The van der Waals surface area contributed by atoms with Gasteiger partial charge < -0.3 is 31.7 Å². The van der Waals surface area contributed by atoms with E-state index in [9.17, 15) is 14.4 Å². The van der Waals surface area contributed by atoms with Crippen molar-refractivity contribution >= 4 is 131 Å². The van der Waals surface area contributed by atoms with Crippen molar-refractivity contribution < 1.29 is 46.1 Å². The fourth-order valence-corrected chi connectivity index (χ4v) is 0.500. The zero-order valence-electron chi connectivity index (χ0n) is 7.35. The molecule has 0 spiro atoms. The molecular formula is C6H18Ca3O9. The summed E-state index contributed by atoms with van der Waals surface area (Å²) in [4.78, 5) is 30.1. The van der Waals surface area contributed by atoms with Crippen LogP contribution in [0.4, 0.5) is 0 Å². The van der Waals surface area contributed by atoms with Crippen LogP contribution in [0.5, 0.6) is 0 Å². The van der Waals surface area contributed by atoms with E-state index in [1.807, 2.05) is 0 Å². The number of carboxylic acid groups (broad SMARTS) is 3. The molecule has 0 fully saturated rings. The second kappa shape index (κ2) is 23.9. The number of aliphatic carboxylic acids is 3. The molecule has 9 nitrogen and oxygen atoms in total. The van der Waals surface area contributed by atoms with E-state index in [0.717, 1.165) is 0 Å². The summed E-state index contributed by atoms with van der Waals surface area (Å²) in [5, 5.41) is 24.5. The topological polar surface area (TPSA) is 206 Å². The minimum atomic E-state index is -1.54. The number of hydrogen-bond donors (Lipinski definition) is 3. The van der Waals surface area contributed by atoms with Gasteiger partial charge >= 0.3 is 131 Å². The standard InChI is InChI=1S/C6H6O6.3Ca.3H2O.6H/c7-4(8)1-3(6(11)12)2-5(9)10;;;;;;;;;;;;/h1H,2H2,(H,7,8)(H,9,10)(H,11,12);;;;3*1H2;;;;;;. The molecule has 0 bridgehead atoms. The van der Waals surface area contributed by atoms with Gasteiger partial charge in [-0.1, -0.05) is 0 Å². The van der Waals surface area contributed by atoms with Gasteiger partial charge in [0.2, 0.25) is 0 Å². The quantitative estimate of drug-likeness (QED) is 0.331. The van der Waals surface area contributed by atoms with Crippen molar-refractivity contribution in [1.82, 2.24) is 0 Å². The van der Waals surface area contributed by atoms with Gasteiger partial charge in [0.15, 0.2) is 0 Å². The summed E-state index contributed by atoms with van der Waals surface area (Å²) in [5.41, 5.74) is -0.657. The first kappa shape index (κ1) is 42.7. The first-order valence-corrected chi connectivity index (χ1v) is 2.82. The number of hydrogen-bond acceptors (Lipinski definition) is 3. The first-order valence-electron chi connectivity index (χ1n) is 2.82. The van der Waals surface area contributed by atoms with Crippen LogP contribution in [0.15, 0.2) is 11.6 Å². The van der Waals surface area contributed by atoms with Crippen LogP contribution in [0.3, 0.4) is 0 Å². The minimum absolute atomic E-state index is 0. The third-order valence-corrected chi connectivity index (χ3v) is 0.914. The molecule has 9 N–H and O–H groups in total. The summed E-state index contributed by atoms with van der Waals surface area (Å²) in [7, 11) is 0. The van der Waals surface area contributed by atoms with Crippen molar-refractivity contribution in [2.24, 2.45) is 0 Å². The number of carboxylic acids is 3. The predicted octanol–water partition coefficient (Wildman–Crippen LogP) is -5.67. The van der Waals surface area contributed by atoms with Gasteiger partial charge in [0.1, 0.15) is 0 Å². The fourth-order valence-electron chi connectivity index (χ4n) is 0.500. The maximum absolute atomic E-state index is 10.2. The van der Waals surface area contributed by atoms with Crippen LogP contribution >= 0.6 is 0 Å². The van der Waals surface area contributed by atoms with Gasteiger partial charge in [0, 0.05) is 6.08 Å². The molecule has 0 aliphatic heterocycles. The zero-order chi connectivity index (χ0) is 9.72. The molecule has 0 aromatic heterocycles. The van der Waals surface area contributed by atoms with Gasteiger partial charge in [-0.25, -0.2) is 9.59 Å². The van der Waals surface area contributed by atoms with Crippen LogP contribution in [0, 0.1) is 0 Å². The van der Waals surface area contributed by atoms with E-state index in [4.69, 9.17) is 15.3 Å². The van der Waals surface area contributed by atoms with Crippen molar-refractivity contribution in [3.05, 3.63) is 11.6 Å². The van der Waals surface area contributed by atoms with E-state index in [1.165, 1.54) is 0 Å². The normalized spacial score (nSPS) is 7.22. The Kier molecular flexibility index (Phi) is 56.6. The molecule has 0 aromatic carbocycles. The molecule has 0 aliphatic carbocycles. The van der Waals surface area contributed by atoms with Crippen molar-refractivity contribution in [2.75, 3.05) is 0 Å². The van der Waals surface area contributed by atoms with E-state index in [2.05, 4.69) is 0 Å². The Morgan fingerprint density at radius 2 is 1.17 bits per heavy atom. The second-order valence-corrected chi connectivity index (χ2v) is 1.88. The molecule has 12 heteroatoms. The molecule has 102 valence electrons. The van der Waals surface area contributed by atoms with Gasteiger partial charge in [-0.2, -0.15) is 0 Å². The molecule has 0 atom stereocenters. The van der Waals surface area contributed by atoms with Crippen molar-refractivity contribution in [3.8, 4) is 0 Å². The van der Waals surface area contributed by atoms with Gasteiger partial charge in [0.25, 0.3) is 0 Å². The Bertz CT molecular complexity index is 265. The van der Waals surface area contributed by atoms with Crippen LogP contribution in [0.25, 0.3) is 0 Å². The third kappa shape index (κ3) is 26.4. The summed E-state index contributed by atoms with van der Waals surface area (Å²) in [6.45, 7) is 0. The van der Waals surface area contributed by atoms with Crippen molar-refractivity contribution in [3.63, 3.8) is 0 Å². The summed E-state index contributed by atoms with van der Waals surface area (Å²) < 4.78 is 0. The Morgan fingerprint density at radius 1 is 0.833 bits per heavy atom. The van der Waals surface area contributed by atoms with Gasteiger partial charge in [-0.15, -0.1) is 0 Å². The molecule has 0 aliphatic rings. The fraction of sp³-hybridized carbons (Fsp3) is 0.167. The van der Waals surface area contributed by atoms with Crippen molar-refractivity contribution in [1.29, 1.82) is 0 Å². The molecule has 0 rings (SSSR count). The predicted molar refractivity (Wildman–Crippen MR) is 72.1 cm³/mol. The van der Waals surface area contributed by atoms with Crippen LogP contribution in [0.2, 0.25) is 0 Å². The van der Waals surface area contributed by atoms with E-state index < -0.39 is 29.9 Å². The summed E-state index contributed by atoms with van der Waals surface area (Å²) in [6, 6.07) is 0. The average Bonchev–Trinajstić information content (AvgIpc) is 1.83. The maximum atomic E-state index is 10.2. The molecule has 18 heavy (non-hydrogen) atoms. The molecule has 0 aromatic rings. The Labute approximate surface area is 192 Å². The van der Waals surface area contributed by atoms with Crippen LogP contribution in [-0.2, 0) is 14.4 Å². The SMILES string of the molecule is O.O.O.O=C(O)C=C(CC(=O)O)C(=O)O.[CaH2].[CaH2].[CaH2]. The molecule has 0 radical (unpaired) electrons. The summed E-state index contributed by atoms with van der Waals surface area (Å²) in [6.07, 6.45) is -0.446. The van der Waals surface area contributed by atoms with Gasteiger partial charge in [0.05, 0.1) is 12.0 Å². The first-order chi connectivity index (χ1) is 5.43. The van der Waals surface area contributed by atoms with E-state index in [-0.39, 0.29) is 130 Å². The van der Waals surface area contributed by atoms with Crippen LogP contribution in [0.1, 0.15) is 6.42 Å². The average molecular weight is 354 g/mol. The molecule has 0 saturated carbocycles. The van der Waals surface area contributed by atoms with E-state index in [0.29, 0.717) is 6.08 Å². The molecular weight excluding hydrogens is 336 g/mol. The molecule has 0 unspecified atom stereocenters. The Balaban J connectivity index is -0.0000000403. The Hall–Kier alpha value is 1.81. The van der Waals surface area contributed by atoms with Gasteiger partial charge in [-0.3, -0.25) is 4.79 Å². The Morgan fingerprint density at radius 3 is 1.33 bits per heavy atom. The van der Waals surface area contributed by atoms with Crippen LogP contribution in [-0.4, -0.2) is 163 Å². The summed E-state index contributed by atoms with van der Waals surface area (Å²) >= 11 is 0. The zero-order valence-corrected chi connectivity index (χ0v) is 7.35. The van der Waals surface area contributed by atoms with Gasteiger partial charge in [-0.05, 0) is 0 Å². The molecule has 0 heterocycles. The van der Waals surface area contributed by atoms with E-state index >= 15 is 0 Å². The molecule has 0 saturated heterocycles. The van der Waals surface area contributed by atoms with E-state index in [1.54, 1.807) is 0 Å². The number of rotatable bonds is 4.